The number of hydrogen-bond donors (Lipinski definition) is 2. The van der Waals surface area contributed by atoms with Gasteiger partial charge in [0.2, 0.25) is 6.41 Å². The molecule has 3 atom stereocenters. The van der Waals surface area contributed by atoms with Gasteiger partial charge >= 0.3 is 0 Å². The summed E-state index contributed by atoms with van der Waals surface area (Å²) in [5.74, 6) is 1.16. The second-order valence-electron chi connectivity index (χ2n) is 4.83. The van der Waals surface area contributed by atoms with Gasteiger partial charge in [-0.15, -0.1) is 0 Å². The van der Waals surface area contributed by atoms with Gasteiger partial charge in [-0.25, -0.2) is 0 Å². The number of allylic oxidation sites excluding steroid dienone is 3. The second-order valence-corrected chi connectivity index (χ2v) is 5.74. The van der Waals surface area contributed by atoms with Gasteiger partial charge in [0, 0.05) is 36.2 Å². The van der Waals surface area contributed by atoms with Crippen molar-refractivity contribution >= 4 is 18.4 Å². The van der Waals surface area contributed by atoms with E-state index in [1.807, 2.05) is 11.1 Å². The van der Waals surface area contributed by atoms with Crippen LogP contribution in [0.15, 0.2) is 23.3 Å². The van der Waals surface area contributed by atoms with Gasteiger partial charge in [0.25, 0.3) is 0 Å². The number of likely N-dealkylation sites (tertiary alicyclic amines) is 1. The fraction of sp³-hybridized carbons (Fsp3) is 0.583. The fourth-order valence-corrected chi connectivity index (χ4v) is 3.95. The first-order valence-corrected chi connectivity index (χ1v) is 6.92. The van der Waals surface area contributed by atoms with E-state index in [1.54, 1.807) is 11.9 Å². The van der Waals surface area contributed by atoms with Gasteiger partial charge < -0.3 is 14.9 Å². The standard InChI is InChI=1S/C12H17N3OS/c16-8-15-6-10-9(3-5-13-11(10)7-15)12-2-1-4-14-17-12/h1-2,4,8-11,13-14H,3,5-7H2/t9?,10-,11-/m1/s1. The molecule has 92 valence electrons. The Morgan fingerprint density at radius 3 is 3.18 bits per heavy atom. The number of carbonyl (C=O) groups is 1. The topological polar surface area (TPSA) is 44.4 Å². The zero-order valence-corrected chi connectivity index (χ0v) is 10.5. The molecule has 0 aromatic heterocycles. The van der Waals surface area contributed by atoms with Crippen LogP contribution in [0.2, 0.25) is 0 Å². The minimum absolute atomic E-state index is 0.478. The average molecular weight is 251 g/mol. The number of rotatable bonds is 2. The lowest BCUT2D eigenvalue weighted by atomic mass is 9.82. The third-order valence-electron chi connectivity index (χ3n) is 3.89. The van der Waals surface area contributed by atoms with Crippen molar-refractivity contribution in [1.82, 2.24) is 14.9 Å². The second kappa shape index (κ2) is 4.74. The van der Waals surface area contributed by atoms with Gasteiger partial charge in [-0.1, -0.05) is 0 Å². The Morgan fingerprint density at radius 2 is 2.41 bits per heavy atom. The van der Waals surface area contributed by atoms with Crippen LogP contribution in [0.1, 0.15) is 6.42 Å². The Labute approximate surface area is 106 Å². The van der Waals surface area contributed by atoms with Crippen molar-refractivity contribution < 1.29 is 4.79 Å². The highest BCUT2D eigenvalue weighted by Gasteiger charge is 2.41. The maximum absolute atomic E-state index is 10.9. The summed E-state index contributed by atoms with van der Waals surface area (Å²) in [4.78, 5) is 14.2. The molecule has 17 heavy (non-hydrogen) atoms. The molecule has 0 radical (unpaired) electrons. The zero-order valence-electron chi connectivity index (χ0n) is 9.63. The van der Waals surface area contributed by atoms with Crippen LogP contribution in [0.25, 0.3) is 0 Å². The molecule has 3 aliphatic heterocycles. The summed E-state index contributed by atoms with van der Waals surface area (Å²) < 4.78 is 3.20. The molecule has 2 N–H and O–H groups in total. The highest BCUT2D eigenvalue weighted by molar-refractivity contribution is 8.01. The fourth-order valence-electron chi connectivity index (χ4n) is 3.08. The first-order valence-electron chi connectivity index (χ1n) is 6.10. The van der Waals surface area contributed by atoms with Crippen molar-refractivity contribution in [2.45, 2.75) is 12.5 Å². The molecule has 3 heterocycles. The van der Waals surface area contributed by atoms with Crippen LogP contribution < -0.4 is 10.0 Å². The maximum atomic E-state index is 10.9. The van der Waals surface area contributed by atoms with E-state index < -0.39 is 0 Å². The molecule has 0 spiro atoms. The first-order chi connectivity index (χ1) is 8.38. The molecule has 0 saturated carbocycles. The molecule has 1 amide bonds. The van der Waals surface area contributed by atoms with E-state index in [4.69, 9.17) is 0 Å². The number of nitrogens with one attached hydrogen (secondary N) is 2. The average Bonchev–Trinajstić information content (AvgIpc) is 2.82. The Kier molecular flexibility index (Phi) is 3.11. The number of nitrogens with zero attached hydrogens (tertiary/aromatic N) is 1. The van der Waals surface area contributed by atoms with Crippen LogP contribution in [0, 0.1) is 11.8 Å². The minimum Gasteiger partial charge on any atom is -0.343 e. The SMILES string of the molecule is O=CN1C[C@@H]2C(C3=CC=CNS3)CCN[C@@H]2C1. The van der Waals surface area contributed by atoms with E-state index in [0.717, 1.165) is 26.0 Å². The molecule has 2 saturated heterocycles. The van der Waals surface area contributed by atoms with E-state index in [2.05, 4.69) is 22.2 Å². The van der Waals surface area contributed by atoms with Crippen molar-refractivity contribution in [2.75, 3.05) is 19.6 Å². The van der Waals surface area contributed by atoms with Crippen molar-refractivity contribution in [3.63, 3.8) is 0 Å². The summed E-state index contributed by atoms with van der Waals surface area (Å²) in [6.45, 7) is 2.82. The number of fused-ring (bicyclic) bond motifs is 1. The Hall–Kier alpha value is -0.940. The van der Waals surface area contributed by atoms with Crippen LogP contribution in [0.4, 0.5) is 0 Å². The molecule has 1 unspecified atom stereocenters. The predicted octanol–water partition coefficient (Wildman–Crippen LogP) is 0.702. The largest absolute Gasteiger partial charge is 0.343 e. The zero-order chi connectivity index (χ0) is 11.7. The lowest BCUT2D eigenvalue weighted by Crippen LogP contribution is -2.45. The Bertz CT molecular complexity index is 369. The van der Waals surface area contributed by atoms with Gasteiger partial charge in [-0.3, -0.25) is 4.79 Å². The molecule has 2 fully saturated rings. The number of carbonyl (C=O) groups excluding carboxylic acids is 1. The van der Waals surface area contributed by atoms with Gasteiger partial charge in [-0.05, 0) is 43.0 Å². The number of hydrogen-bond acceptors (Lipinski definition) is 4. The van der Waals surface area contributed by atoms with Gasteiger partial charge in [0.15, 0.2) is 0 Å². The van der Waals surface area contributed by atoms with Crippen LogP contribution in [0.3, 0.4) is 0 Å². The van der Waals surface area contributed by atoms with E-state index >= 15 is 0 Å². The van der Waals surface area contributed by atoms with Crippen LogP contribution >= 0.6 is 11.9 Å². The smallest absolute Gasteiger partial charge is 0.209 e. The molecule has 0 aromatic carbocycles. The monoisotopic (exact) mass is 251 g/mol. The summed E-state index contributed by atoms with van der Waals surface area (Å²) in [6, 6.07) is 0.478. The highest BCUT2D eigenvalue weighted by Crippen LogP contribution is 2.38. The molecule has 0 aromatic rings. The van der Waals surface area contributed by atoms with Gasteiger partial charge in [0.05, 0.1) is 0 Å². The molecule has 0 bridgehead atoms. The third-order valence-corrected chi connectivity index (χ3v) is 4.82. The summed E-state index contributed by atoms with van der Waals surface area (Å²) in [5, 5.41) is 3.54. The normalized spacial score (nSPS) is 36.1. The third kappa shape index (κ3) is 2.09. The number of amides is 1. The first kappa shape index (κ1) is 11.2. The van der Waals surface area contributed by atoms with Crippen molar-refractivity contribution in [3.05, 3.63) is 23.3 Å². The highest BCUT2D eigenvalue weighted by atomic mass is 32.2. The summed E-state index contributed by atoms with van der Waals surface area (Å²) >= 11 is 1.72. The summed E-state index contributed by atoms with van der Waals surface area (Å²) in [6.07, 6.45) is 8.38. The molecule has 0 aliphatic carbocycles. The lowest BCUT2D eigenvalue weighted by Gasteiger charge is -2.35. The van der Waals surface area contributed by atoms with E-state index in [-0.39, 0.29) is 0 Å². The van der Waals surface area contributed by atoms with Crippen molar-refractivity contribution in [3.8, 4) is 0 Å². The minimum atomic E-state index is 0.478. The lowest BCUT2D eigenvalue weighted by molar-refractivity contribution is -0.117. The molecule has 5 heteroatoms. The van der Waals surface area contributed by atoms with E-state index in [0.29, 0.717) is 17.9 Å². The van der Waals surface area contributed by atoms with Gasteiger partial charge in [-0.2, -0.15) is 0 Å². The maximum Gasteiger partial charge on any atom is 0.209 e. The summed E-state index contributed by atoms with van der Waals surface area (Å²) in [5.41, 5.74) is 0. The van der Waals surface area contributed by atoms with Crippen molar-refractivity contribution in [2.24, 2.45) is 11.8 Å². The number of piperidine rings is 1. The molecular weight excluding hydrogens is 234 g/mol. The predicted molar refractivity (Wildman–Crippen MR) is 69.0 cm³/mol. The molecule has 4 nitrogen and oxygen atoms in total. The van der Waals surface area contributed by atoms with E-state index in [9.17, 15) is 4.79 Å². The molecule has 3 rings (SSSR count). The quantitative estimate of drug-likeness (QED) is 0.560. The Morgan fingerprint density at radius 1 is 1.47 bits per heavy atom. The molecule has 3 aliphatic rings. The van der Waals surface area contributed by atoms with Gasteiger partial charge in [0.1, 0.15) is 0 Å². The Balaban J connectivity index is 1.78. The van der Waals surface area contributed by atoms with Crippen LogP contribution in [-0.4, -0.2) is 37.0 Å². The van der Waals surface area contributed by atoms with Crippen molar-refractivity contribution in [1.29, 1.82) is 0 Å². The summed E-state index contributed by atoms with van der Waals surface area (Å²) in [7, 11) is 0. The molecular formula is C12H17N3OS. The van der Waals surface area contributed by atoms with Crippen LogP contribution in [0.5, 0.6) is 0 Å². The van der Waals surface area contributed by atoms with E-state index in [1.165, 1.54) is 11.3 Å². The van der Waals surface area contributed by atoms with Crippen LogP contribution in [-0.2, 0) is 4.79 Å².